The number of rotatable bonds is 1. The van der Waals surface area contributed by atoms with Crippen molar-refractivity contribution in [2.45, 2.75) is 6.42 Å². The van der Waals surface area contributed by atoms with Gasteiger partial charge in [0.25, 0.3) is 0 Å². The summed E-state index contributed by atoms with van der Waals surface area (Å²) < 4.78 is 12.8. The predicted molar refractivity (Wildman–Crippen MR) is 64.0 cm³/mol. The van der Waals surface area contributed by atoms with E-state index in [1.54, 1.807) is 0 Å². The van der Waals surface area contributed by atoms with Gasteiger partial charge in [0, 0.05) is 12.2 Å². The number of hydrogen-bond donors (Lipinski definition) is 1. The Kier molecular flexibility index (Phi) is 2.13. The van der Waals surface area contributed by atoms with Crippen molar-refractivity contribution < 1.29 is 4.39 Å². The van der Waals surface area contributed by atoms with Crippen LogP contribution in [0, 0.1) is 5.82 Å². The SMILES string of the molecule is Fc1ccc(-c2ccc3c(c2)NCC3)cc1. The van der Waals surface area contributed by atoms with E-state index in [1.807, 2.05) is 12.1 Å². The normalized spacial score (nSPS) is 13.3. The third kappa shape index (κ3) is 1.56. The molecule has 0 amide bonds. The van der Waals surface area contributed by atoms with Crippen LogP contribution in [0.15, 0.2) is 42.5 Å². The van der Waals surface area contributed by atoms with Crippen molar-refractivity contribution in [1.82, 2.24) is 0 Å². The molecular weight excluding hydrogens is 201 g/mol. The Morgan fingerprint density at radius 1 is 0.938 bits per heavy atom. The summed E-state index contributed by atoms with van der Waals surface area (Å²) in [6.45, 7) is 1.02. The molecule has 1 aliphatic rings. The Hall–Kier alpha value is -1.83. The summed E-state index contributed by atoms with van der Waals surface area (Å²) >= 11 is 0. The zero-order chi connectivity index (χ0) is 11.0. The second kappa shape index (κ2) is 3.63. The molecule has 0 saturated heterocycles. The van der Waals surface area contributed by atoms with Gasteiger partial charge in [0.05, 0.1) is 0 Å². The fourth-order valence-corrected chi connectivity index (χ4v) is 2.11. The Morgan fingerprint density at radius 2 is 1.69 bits per heavy atom. The van der Waals surface area contributed by atoms with Gasteiger partial charge in [-0.3, -0.25) is 0 Å². The van der Waals surface area contributed by atoms with Crippen molar-refractivity contribution >= 4 is 5.69 Å². The van der Waals surface area contributed by atoms with Gasteiger partial charge in [-0.15, -0.1) is 0 Å². The first kappa shape index (κ1) is 9.40. The molecule has 3 rings (SSSR count). The van der Waals surface area contributed by atoms with E-state index in [0.717, 1.165) is 24.1 Å². The first-order valence-corrected chi connectivity index (χ1v) is 5.46. The lowest BCUT2D eigenvalue weighted by Crippen LogP contribution is -1.91. The van der Waals surface area contributed by atoms with E-state index in [2.05, 4.69) is 23.5 Å². The first-order valence-electron chi connectivity index (χ1n) is 5.46. The van der Waals surface area contributed by atoms with Crippen LogP contribution in [-0.2, 0) is 6.42 Å². The summed E-state index contributed by atoms with van der Waals surface area (Å²) in [6, 6.07) is 13.0. The van der Waals surface area contributed by atoms with Gasteiger partial charge in [0.15, 0.2) is 0 Å². The van der Waals surface area contributed by atoms with Crippen molar-refractivity contribution in [2.75, 3.05) is 11.9 Å². The Balaban J connectivity index is 2.03. The number of anilines is 1. The maximum atomic E-state index is 12.8. The third-order valence-corrected chi connectivity index (χ3v) is 3.00. The maximum absolute atomic E-state index is 12.8. The minimum absolute atomic E-state index is 0.192. The van der Waals surface area contributed by atoms with Crippen molar-refractivity contribution in [3.05, 3.63) is 53.8 Å². The standard InChI is InChI=1S/C14H12FN/c15-13-5-3-10(4-6-13)12-2-1-11-7-8-16-14(11)9-12/h1-6,9,16H,7-8H2. The highest BCUT2D eigenvalue weighted by Gasteiger charge is 2.10. The minimum Gasteiger partial charge on any atom is -0.384 e. The second-order valence-electron chi connectivity index (χ2n) is 4.06. The lowest BCUT2D eigenvalue weighted by Gasteiger charge is -2.05. The molecule has 0 bridgehead atoms. The molecule has 2 aromatic rings. The van der Waals surface area contributed by atoms with E-state index in [0.29, 0.717) is 0 Å². The van der Waals surface area contributed by atoms with E-state index in [9.17, 15) is 4.39 Å². The van der Waals surface area contributed by atoms with Gasteiger partial charge in [0.2, 0.25) is 0 Å². The molecule has 0 atom stereocenters. The Labute approximate surface area is 93.9 Å². The highest BCUT2D eigenvalue weighted by molar-refractivity contribution is 5.71. The summed E-state index contributed by atoms with van der Waals surface area (Å²) in [5.41, 5.74) is 4.76. The average Bonchev–Trinajstić information content (AvgIpc) is 2.77. The molecular formula is C14H12FN. The highest BCUT2D eigenvalue weighted by Crippen LogP contribution is 2.28. The number of fused-ring (bicyclic) bond motifs is 1. The molecule has 0 radical (unpaired) electrons. The van der Waals surface area contributed by atoms with E-state index >= 15 is 0 Å². The molecule has 1 N–H and O–H groups in total. The van der Waals surface area contributed by atoms with Crippen LogP contribution in [0.4, 0.5) is 10.1 Å². The summed E-state index contributed by atoms with van der Waals surface area (Å²) in [4.78, 5) is 0. The zero-order valence-electron chi connectivity index (χ0n) is 8.83. The van der Waals surface area contributed by atoms with E-state index in [1.165, 1.54) is 23.4 Å². The van der Waals surface area contributed by atoms with Crippen molar-refractivity contribution in [1.29, 1.82) is 0 Å². The summed E-state index contributed by atoms with van der Waals surface area (Å²) in [5, 5.41) is 3.35. The van der Waals surface area contributed by atoms with Crippen LogP contribution in [0.2, 0.25) is 0 Å². The Morgan fingerprint density at radius 3 is 2.50 bits per heavy atom. The molecule has 0 unspecified atom stereocenters. The Bertz CT molecular complexity index is 517. The quantitative estimate of drug-likeness (QED) is 0.765. The fourth-order valence-electron chi connectivity index (χ4n) is 2.11. The van der Waals surface area contributed by atoms with Crippen molar-refractivity contribution in [2.24, 2.45) is 0 Å². The summed E-state index contributed by atoms with van der Waals surface area (Å²) in [6.07, 6.45) is 1.10. The predicted octanol–water partition coefficient (Wildman–Crippen LogP) is 3.46. The van der Waals surface area contributed by atoms with Crippen LogP contribution < -0.4 is 5.32 Å². The lowest BCUT2D eigenvalue weighted by molar-refractivity contribution is 0.628. The van der Waals surface area contributed by atoms with E-state index < -0.39 is 0 Å². The summed E-state index contributed by atoms with van der Waals surface area (Å²) in [5.74, 6) is -0.192. The van der Waals surface area contributed by atoms with Crippen molar-refractivity contribution in [3.63, 3.8) is 0 Å². The first-order chi connectivity index (χ1) is 7.83. The van der Waals surface area contributed by atoms with Crippen LogP contribution in [0.25, 0.3) is 11.1 Å². The molecule has 0 aliphatic carbocycles. The molecule has 0 spiro atoms. The lowest BCUT2D eigenvalue weighted by atomic mass is 10.0. The van der Waals surface area contributed by atoms with Crippen LogP contribution in [0.5, 0.6) is 0 Å². The molecule has 0 fully saturated rings. The zero-order valence-corrected chi connectivity index (χ0v) is 8.83. The molecule has 2 aromatic carbocycles. The van der Waals surface area contributed by atoms with Gasteiger partial charge in [-0.25, -0.2) is 4.39 Å². The van der Waals surface area contributed by atoms with Gasteiger partial charge >= 0.3 is 0 Å². The maximum Gasteiger partial charge on any atom is 0.123 e. The van der Waals surface area contributed by atoms with E-state index in [4.69, 9.17) is 0 Å². The van der Waals surface area contributed by atoms with Crippen molar-refractivity contribution in [3.8, 4) is 11.1 Å². The minimum atomic E-state index is -0.192. The molecule has 0 saturated carbocycles. The van der Waals surface area contributed by atoms with Crippen LogP contribution >= 0.6 is 0 Å². The number of halogens is 1. The van der Waals surface area contributed by atoms with Gasteiger partial charge in [-0.05, 0) is 41.3 Å². The number of benzene rings is 2. The molecule has 2 heteroatoms. The van der Waals surface area contributed by atoms with Gasteiger partial charge < -0.3 is 5.32 Å². The molecule has 1 heterocycles. The van der Waals surface area contributed by atoms with Gasteiger partial charge in [-0.2, -0.15) is 0 Å². The second-order valence-corrected chi connectivity index (χ2v) is 4.06. The molecule has 80 valence electrons. The van der Waals surface area contributed by atoms with Crippen LogP contribution in [-0.4, -0.2) is 6.54 Å². The largest absolute Gasteiger partial charge is 0.384 e. The highest BCUT2D eigenvalue weighted by atomic mass is 19.1. The van der Waals surface area contributed by atoms with Crippen LogP contribution in [0.3, 0.4) is 0 Å². The molecule has 1 aliphatic heterocycles. The molecule has 0 aromatic heterocycles. The number of hydrogen-bond acceptors (Lipinski definition) is 1. The average molecular weight is 213 g/mol. The number of nitrogens with one attached hydrogen (secondary N) is 1. The van der Waals surface area contributed by atoms with Gasteiger partial charge in [0.1, 0.15) is 5.82 Å². The molecule has 1 nitrogen and oxygen atoms in total. The molecule has 16 heavy (non-hydrogen) atoms. The van der Waals surface area contributed by atoms with E-state index in [-0.39, 0.29) is 5.82 Å². The third-order valence-electron chi connectivity index (χ3n) is 3.00. The topological polar surface area (TPSA) is 12.0 Å². The summed E-state index contributed by atoms with van der Waals surface area (Å²) in [7, 11) is 0. The fraction of sp³-hybridized carbons (Fsp3) is 0.143. The van der Waals surface area contributed by atoms with Crippen LogP contribution in [0.1, 0.15) is 5.56 Å². The van der Waals surface area contributed by atoms with Gasteiger partial charge in [-0.1, -0.05) is 24.3 Å². The monoisotopic (exact) mass is 213 g/mol. The smallest absolute Gasteiger partial charge is 0.123 e.